The van der Waals surface area contributed by atoms with Gasteiger partial charge in [-0.1, -0.05) is 17.4 Å². The number of hydrazone groups is 1. The maximum atomic E-state index is 11.4. The molecule has 0 radical (unpaired) electrons. The number of carbonyl (C=O) groups excluding carboxylic acids is 1. The number of phenols is 1. The number of thiophene rings is 1. The molecule has 0 saturated heterocycles. The van der Waals surface area contributed by atoms with E-state index in [0.29, 0.717) is 10.1 Å². The summed E-state index contributed by atoms with van der Waals surface area (Å²) in [6, 6.07) is 10.6. The van der Waals surface area contributed by atoms with Gasteiger partial charge in [-0.3, -0.25) is 10.2 Å². The van der Waals surface area contributed by atoms with Crippen molar-refractivity contribution >= 4 is 44.9 Å². The van der Waals surface area contributed by atoms with Crippen LogP contribution < -0.4 is 10.7 Å². The van der Waals surface area contributed by atoms with Gasteiger partial charge >= 0.3 is 0 Å². The van der Waals surface area contributed by atoms with Gasteiger partial charge in [-0.15, -0.1) is 11.3 Å². The van der Waals surface area contributed by atoms with E-state index in [1.54, 1.807) is 41.8 Å². The van der Waals surface area contributed by atoms with Gasteiger partial charge in [-0.2, -0.15) is 5.10 Å². The third-order valence-electron chi connectivity index (χ3n) is 2.94. The summed E-state index contributed by atoms with van der Waals surface area (Å²) in [4.78, 5) is 16.8. The standard InChI is InChI=1S/C16H14N4O2S2/c1-10(21)18-15-14(13-3-2-8-23-13)19-16(24-15)20-17-9-11-4-6-12(22)7-5-11/h2-9,22H,1H3,(H,18,21)(H,19,20)/b17-9+. The van der Waals surface area contributed by atoms with Gasteiger partial charge in [0, 0.05) is 6.92 Å². The minimum Gasteiger partial charge on any atom is -0.508 e. The molecule has 24 heavy (non-hydrogen) atoms. The van der Waals surface area contributed by atoms with Crippen molar-refractivity contribution in [3.8, 4) is 16.3 Å². The average Bonchev–Trinajstić information content (AvgIpc) is 3.18. The number of rotatable bonds is 5. The first kappa shape index (κ1) is 16.2. The lowest BCUT2D eigenvalue weighted by Gasteiger charge is -1.99. The highest BCUT2D eigenvalue weighted by atomic mass is 32.1. The number of nitrogens with zero attached hydrogens (tertiary/aromatic N) is 2. The number of aromatic nitrogens is 1. The molecule has 0 saturated carbocycles. The minimum absolute atomic E-state index is 0.143. The highest BCUT2D eigenvalue weighted by Crippen LogP contribution is 2.37. The Labute approximate surface area is 146 Å². The molecule has 2 heterocycles. The van der Waals surface area contributed by atoms with E-state index in [4.69, 9.17) is 0 Å². The molecule has 0 spiro atoms. The van der Waals surface area contributed by atoms with E-state index >= 15 is 0 Å². The van der Waals surface area contributed by atoms with Crippen LogP contribution in [0.25, 0.3) is 10.6 Å². The van der Waals surface area contributed by atoms with Gasteiger partial charge in [-0.05, 0) is 41.3 Å². The van der Waals surface area contributed by atoms with Crippen LogP contribution in [0.2, 0.25) is 0 Å². The van der Waals surface area contributed by atoms with Gasteiger partial charge in [0.25, 0.3) is 0 Å². The summed E-state index contributed by atoms with van der Waals surface area (Å²) in [5, 5.41) is 19.4. The molecular formula is C16H14N4O2S2. The Morgan fingerprint density at radius 2 is 2.08 bits per heavy atom. The van der Waals surface area contributed by atoms with Gasteiger partial charge in [0.2, 0.25) is 11.0 Å². The highest BCUT2D eigenvalue weighted by molar-refractivity contribution is 7.21. The Morgan fingerprint density at radius 3 is 2.75 bits per heavy atom. The molecule has 8 heteroatoms. The molecule has 1 aromatic carbocycles. The SMILES string of the molecule is CC(=O)Nc1sc(N/N=C/c2ccc(O)cc2)nc1-c1cccs1. The quantitative estimate of drug-likeness (QED) is 0.475. The van der Waals surface area contributed by atoms with Crippen LogP contribution in [0.1, 0.15) is 12.5 Å². The van der Waals surface area contributed by atoms with Crippen molar-refractivity contribution in [2.45, 2.75) is 6.92 Å². The van der Waals surface area contributed by atoms with Crippen molar-refractivity contribution in [1.29, 1.82) is 0 Å². The van der Waals surface area contributed by atoms with E-state index in [1.807, 2.05) is 17.5 Å². The van der Waals surface area contributed by atoms with E-state index < -0.39 is 0 Å². The van der Waals surface area contributed by atoms with Gasteiger partial charge in [0.05, 0.1) is 11.1 Å². The molecule has 3 N–H and O–H groups in total. The lowest BCUT2D eigenvalue weighted by molar-refractivity contribution is -0.114. The van der Waals surface area contributed by atoms with Crippen molar-refractivity contribution < 1.29 is 9.90 Å². The summed E-state index contributed by atoms with van der Waals surface area (Å²) in [6.07, 6.45) is 1.63. The predicted molar refractivity (Wildman–Crippen MR) is 99.1 cm³/mol. The molecule has 0 fully saturated rings. The lowest BCUT2D eigenvalue weighted by atomic mass is 10.2. The number of thiazole rings is 1. The van der Waals surface area contributed by atoms with E-state index in [9.17, 15) is 9.90 Å². The fourth-order valence-corrected chi connectivity index (χ4v) is 3.58. The molecule has 0 unspecified atom stereocenters. The molecule has 0 bridgehead atoms. The largest absolute Gasteiger partial charge is 0.508 e. The van der Waals surface area contributed by atoms with Crippen LogP contribution in [0.5, 0.6) is 5.75 Å². The number of carbonyl (C=O) groups is 1. The van der Waals surface area contributed by atoms with E-state index in [-0.39, 0.29) is 11.7 Å². The van der Waals surface area contributed by atoms with E-state index in [2.05, 4.69) is 20.8 Å². The molecule has 1 amide bonds. The zero-order chi connectivity index (χ0) is 16.9. The first-order chi connectivity index (χ1) is 11.6. The van der Waals surface area contributed by atoms with Crippen molar-refractivity contribution in [3.63, 3.8) is 0 Å². The second kappa shape index (κ2) is 7.24. The molecular weight excluding hydrogens is 344 g/mol. The average molecular weight is 358 g/mol. The van der Waals surface area contributed by atoms with Crippen molar-refractivity contribution in [2.24, 2.45) is 5.10 Å². The Balaban J connectivity index is 1.78. The third-order valence-corrected chi connectivity index (χ3v) is 4.69. The van der Waals surface area contributed by atoms with Crippen LogP contribution >= 0.6 is 22.7 Å². The monoisotopic (exact) mass is 358 g/mol. The molecule has 6 nitrogen and oxygen atoms in total. The maximum Gasteiger partial charge on any atom is 0.221 e. The second-order valence-corrected chi connectivity index (χ2v) is 6.76. The maximum absolute atomic E-state index is 11.4. The summed E-state index contributed by atoms with van der Waals surface area (Å²) < 4.78 is 0. The number of benzene rings is 1. The van der Waals surface area contributed by atoms with Crippen LogP contribution in [-0.2, 0) is 4.79 Å². The summed E-state index contributed by atoms with van der Waals surface area (Å²) in [7, 11) is 0. The Bertz CT molecular complexity index is 855. The Morgan fingerprint density at radius 1 is 1.29 bits per heavy atom. The van der Waals surface area contributed by atoms with Crippen LogP contribution in [0.15, 0.2) is 46.9 Å². The summed E-state index contributed by atoms with van der Waals surface area (Å²) in [6.45, 7) is 1.47. The van der Waals surface area contributed by atoms with Crippen LogP contribution in [-0.4, -0.2) is 22.2 Å². The molecule has 0 aliphatic rings. The molecule has 0 atom stereocenters. The van der Waals surface area contributed by atoms with Gasteiger partial charge in [0.1, 0.15) is 16.4 Å². The molecule has 0 aliphatic heterocycles. The van der Waals surface area contributed by atoms with Crippen LogP contribution in [0.3, 0.4) is 0 Å². The Kier molecular flexibility index (Phi) is 4.88. The lowest BCUT2D eigenvalue weighted by Crippen LogP contribution is -2.04. The molecule has 0 aliphatic carbocycles. The minimum atomic E-state index is -0.143. The van der Waals surface area contributed by atoms with Gasteiger partial charge < -0.3 is 10.4 Å². The number of aromatic hydroxyl groups is 1. The summed E-state index contributed by atoms with van der Waals surface area (Å²) >= 11 is 2.88. The Hall–Kier alpha value is -2.71. The predicted octanol–water partition coefficient (Wildman–Crippen LogP) is 3.98. The normalized spacial score (nSPS) is 10.9. The van der Waals surface area contributed by atoms with Crippen LogP contribution in [0.4, 0.5) is 10.1 Å². The van der Waals surface area contributed by atoms with Gasteiger partial charge in [0.15, 0.2) is 0 Å². The van der Waals surface area contributed by atoms with E-state index in [1.165, 1.54) is 18.3 Å². The number of anilines is 2. The smallest absolute Gasteiger partial charge is 0.221 e. The first-order valence-corrected chi connectivity index (χ1v) is 8.72. The fourth-order valence-electron chi connectivity index (χ4n) is 1.92. The van der Waals surface area contributed by atoms with Crippen molar-refractivity contribution in [3.05, 3.63) is 47.3 Å². The highest BCUT2D eigenvalue weighted by Gasteiger charge is 2.14. The number of amides is 1. The first-order valence-electron chi connectivity index (χ1n) is 7.02. The second-order valence-electron chi connectivity index (χ2n) is 4.82. The van der Waals surface area contributed by atoms with Crippen molar-refractivity contribution in [2.75, 3.05) is 10.7 Å². The topological polar surface area (TPSA) is 86.6 Å². The third kappa shape index (κ3) is 3.98. The number of nitrogens with one attached hydrogen (secondary N) is 2. The number of phenolic OH excluding ortho intramolecular Hbond substituents is 1. The molecule has 3 aromatic rings. The number of hydrogen-bond acceptors (Lipinski definition) is 7. The zero-order valence-electron chi connectivity index (χ0n) is 12.7. The van der Waals surface area contributed by atoms with E-state index in [0.717, 1.165) is 16.1 Å². The molecule has 3 rings (SSSR count). The van der Waals surface area contributed by atoms with Gasteiger partial charge in [-0.25, -0.2) is 4.98 Å². The molecule has 122 valence electrons. The summed E-state index contributed by atoms with van der Waals surface area (Å²) in [5.74, 6) is 0.0659. The van der Waals surface area contributed by atoms with Crippen molar-refractivity contribution in [1.82, 2.24) is 4.98 Å². The number of hydrogen-bond donors (Lipinski definition) is 3. The van der Waals surface area contributed by atoms with Crippen LogP contribution in [0, 0.1) is 0 Å². The zero-order valence-corrected chi connectivity index (χ0v) is 14.3. The summed E-state index contributed by atoms with van der Waals surface area (Å²) in [5.41, 5.74) is 4.45. The fraction of sp³-hybridized carbons (Fsp3) is 0.0625. The molecule has 2 aromatic heterocycles.